The van der Waals surface area contributed by atoms with Gasteiger partial charge >= 0.3 is 5.97 Å². The minimum atomic E-state index is -0.467. The largest absolute Gasteiger partial charge is 0.479 e. The molecule has 1 unspecified atom stereocenters. The van der Waals surface area contributed by atoms with Crippen LogP contribution in [0, 0.1) is 0 Å². The maximum absolute atomic E-state index is 11.9. The number of nitrogens with zero attached hydrogens (tertiary/aromatic N) is 1. The highest BCUT2D eigenvalue weighted by Crippen LogP contribution is 2.35. The number of anilines is 2. The quantitative estimate of drug-likeness (QED) is 0.843. The van der Waals surface area contributed by atoms with Crippen molar-refractivity contribution in [2.24, 2.45) is 0 Å². The van der Waals surface area contributed by atoms with Gasteiger partial charge in [0.05, 0.1) is 19.2 Å². The Labute approximate surface area is 117 Å². The van der Waals surface area contributed by atoms with Crippen molar-refractivity contribution in [3.63, 3.8) is 0 Å². The number of benzene rings is 1. The summed E-state index contributed by atoms with van der Waals surface area (Å²) in [6.45, 7) is 2.20. The summed E-state index contributed by atoms with van der Waals surface area (Å²) in [5.41, 5.74) is 1.54. The van der Waals surface area contributed by atoms with E-state index in [0.29, 0.717) is 12.3 Å². The molecule has 1 heterocycles. The van der Waals surface area contributed by atoms with Crippen molar-refractivity contribution < 1.29 is 19.1 Å². The van der Waals surface area contributed by atoms with Crippen LogP contribution in [0.25, 0.3) is 0 Å². The number of methoxy groups -OCH3 is 1. The molecule has 1 aliphatic rings. The SMILES string of the molecule is COC(=O)CCNc1ccc2c(c1)N(C)C(=O)C(C)O2. The summed E-state index contributed by atoms with van der Waals surface area (Å²) in [5, 5.41) is 3.11. The third kappa shape index (κ3) is 2.84. The molecule has 6 nitrogen and oxygen atoms in total. The van der Waals surface area contributed by atoms with E-state index < -0.39 is 6.10 Å². The highest BCUT2D eigenvalue weighted by atomic mass is 16.5. The highest BCUT2D eigenvalue weighted by molar-refractivity contribution is 5.99. The zero-order valence-electron chi connectivity index (χ0n) is 11.8. The molecular formula is C14H18N2O4. The summed E-state index contributed by atoms with van der Waals surface area (Å²) in [7, 11) is 3.08. The lowest BCUT2D eigenvalue weighted by molar-refractivity contribution is -0.140. The Kier molecular flexibility index (Phi) is 4.12. The molecule has 1 aliphatic heterocycles. The predicted molar refractivity (Wildman–Crippen MR) is 75.1 cm³/mol. The number of carbonyl (C=O) groups is 2. The molecule has 0 fully saturated rings. The topological polar surface area (TPSA) is 67.9 Å². The molecule has 1 aromatic rings. The molecule has 6 heteroatoms. The van der Waals surface area contributed by atoms with E-state index in [2.05, 4.69) is 10.1 Å². The first-order valence-electron chi connectivity index (χ1n) is 6.42. The van der Waals surface area contributed by atoms with Gasteiger partial charge in [0.2, 0.25) is 0 Å². The molecule has 0 bridgehead atoms. The molecule has 2 rings (SSSR count). The van der Waals surface area contributed by atoms with E-state index >= 15 is 0 Å². The second-order valence-electron chi connectivity index (χ2n) is 4.59. The van der Waals surface area contributed by atoms with Crippen LogP contribution in [-0.2, 0) is 14.3 Å². The molecule has 1 N–H and O–H groups in total. The van der Waals surface area contributed by atoms with Crippen molar-refractivity contribution >= 4 is 23.3 Å². The van der Waals surface area contributed by atoms with Gasteiger partial charge in [-0.2, -0.15) is 0 Å². The molecule has 0 saturated carbocycles. The maximum Gasteiger partial charge on any atom is 0.307 e. The fraction of sp³-hybridized carbons (Fsp3) is 0.429. The van der Waals surface area contributed by atoms with Crippen molar-refractivity contribution in [2.45, 2.75) is 19.4 Å². The van der Waals surface area contributed by atoms with Gasteiger partial charge in [0.25, 0.3) is 5.91 Å². The molecule has 108 valence electrons. The third-order valence-corrected chi connectivity index (χ3v) is 3.19. The van der Waals surface area contributed by atoms with Crippen LogP contribution in [0.5, 0.6) is 5.75 Å². The average Bonchev–Trinajstić information content (AvgIpc) is 2.45. The lowest BCUT2D eigenvalue weighted by Crippen LogP contribution is -2.41. The number of likely N-dealkylation sites (N-methyl/N-ethyl adjacent to an activating group) is 1. The van der Waals surface area contributed by atoms with Gasteiger partial charge in [0.15, 0.2) is 6.10 Å². The van der Waals surface area contributed by atoms with E-state index in [4.69, 9.17) is 4.74 Å². The van der Waals surface area contributed by atoms with Gasteiger partial charge in [-0.3, -0.25) is 9.59 Å². The Morgan fingerprint density at radius 2 is 2.25 bits per heavy atom. The van der Waals surface area contributed by atoms with E-state index in [0.717, 1.165) is 11.4 Å². The van der Waals surface area contributed by atoms with Crippen molar-refractivity contribution in [1.82, 2.24) is 0 Å². The fourth-order valence-electron chi connectivity index (χ4n) is 2.03. The molecular weight excluding hydrogens is 260 g/mol. The first-order chi connectivity index (χ1) is 9.52. The van der Waals surface area contributed by atoms with E-state index in [1.54, 1.807) is 18.9 Å². The van der Waals surface area contributed by atoms with Gasteiger partial charge in [-0.05, 0) is 25.1 Å². The van der Waals surface area contributed by atoms with Gasteiger partial charge in [0, 0.05) is 19.3 Å². The lowest BCUT2D eigenvalue weighted by Gasteiger charge is -2.30. The molecule has 0 aliphatic carbocycles. The number of ether oxygens (including phenoxy) is 2. The Hall–Kier alpha value is -2.24. The zero-order chi connectivity index (χ0) is 14.7. The standard InChI is InChI=1S/C14H18N2O4/c1-9-14(18)16(2)11-8-10(4-5-12(11)20-9)15-7-6-13(17)19-3/h4-5,8-9,15H,6-7H2,1-3H3. The monoisotopic (exact) mass is 278 g/mol. The number of nitrogens with one attached hydrogen (secondary N) is 1. The number of amides is 1. The van der Waals surface area contributed by atoms with E-state index in [-0.39, 0.29) is 18.3 Å². The summed E-state index contributed by atoms with van der Waals surface area (Å²) in [6, 6.07) is 5.50. The molecule has 1 atom stereocenters. The molecule has 20 heavy (non-hydrogen) atoms. The lowest BCUT2D eigenvalue weighted by atomic mass is 10.2. The van der Waals surface area contributed by atoms with Crippen LogP contribution in [0.15, 0.2) is 18.2 Å². The van der Waals surface area contributed by atoms with Crippen LogP contribution in [0.1, 0.15) is 13.3 Å². The second-order valence-corrected chi connectivity index (χ2v) is 4.59. The van der Waals surface area contributed by atoms with Crippen LogP contribution in [-0.4, -0.2) is 38.7 Å². The van der Waals surface area contributed by atoms with E-state index in [1.165, 1.54) is 7.11 Å². The van der Waals surface area contributed by atoms with Crippen molar-refractivity contribution in [2.75, 3.05) is 30.9 Å². The van der Waals surface area contributed by atoms with Gasteiger partial charge in [0.1, 0.15) is 5.75 Å². The van der Waals surface area contributed by atoms with Crippen LogP contribution in [0.3, 0.4) is 0 Å². The Morgan fingerprint density at radius 1 is 1.50 bits per heavy atom. The first kappa shape index (κ1) is 14.2. The van der Waals surface area contributed by atoms with Gasteiger partial charge in [-0.15, -0.1) is 0 Å². The van der Waals surface area contributed by atoms with Gasteiger partial charge in [-0.1, -0.05) is 0 Å². The third-order valence-electron chi connectivity index (χ3n) is 3.19. The molecule has 1 amide bonds. The first-order valence-corrected chi connectivity index (χ1v) is 6.42. The fourth-order valence-corrected chi connectivity index (χ4v) is 2.03. The Bertz CT molecular complexity index is 530. The van der Waals surface area contributed by atoms with Crippen molar-refractivity contribution in [3.8, 4) is 5.75 Å². The number of hydrogen-bond acceptors (Lipinski definition) is 5. The summed E-state index contributed by atoms with van der Waals surface area (Å²) < 4.78 is 10.1. The molecule has 0 spiro atoms. The van der Waals surface area contributed by atoms with Crippen LogP contribution in [0.4, 0.5) is 11.4 Å². The number of carbonyl (C=O) groups excluding carboxylic acids is 2. The maximum atomic E-state index is 11.9. The minimum Gasteiger partial charge on any atom is -0.479 e. The van der Waals surface area contributed by atoms with Crippen LogP contribution in [0.2, 0.25) is 0 Å². The normalized spacial score (nSPS) is 17.2. The number of esters is 1. The number of rotatable bonds is 4. The molecule has 0 radical (unpaired) electrons. The summed E-state index contributed by atoms with van der Waals surface area (Å²) in [6.07, 6.45) is -0.179. The molecule has 0 aromatic heterocycles. The molecule has 0 saturated heterocycles. The summed E-state index contributed by atoms with van der Waals surface area (Å²) in [5.74, 6) is 0.335. The van der Waals surface area contributed by atoms with Gasteiger partial charge < -0.3 is 19.7 Å². The summed E-state index contributed by atoms with van der Waals surface area (Å²) in [4.78, 5) is 24.5. The predicted octanol–water partition coefficient (Wildman–Crippen LogP) is 1.41. The van der Waals surface area contributed by atoms with E-state index in [1.807, 2.05) is 18.2 Å². The average molecular weight is 278 g/mol. The summed E-state index contributed by atoms with van der Waals surface area (Å²) >= 11 is 0. The molecule has 1 aromatic carbocycles. The Balaban J connectivity index is 2.08. The second kappa shape index (κ2) is 5.81. The Morgan fingerprint density at radius 3 is 2.95 bits per heavy atom. The highest BCUT2D eigenvalue weighted by Gasteiger charge is 2.28. The smallest absolute Gasteiger partial charge is 0.307 e. The van der Waals surface area contributed by atoms with Crippen molar-refractivity contribution in [1.29, 1.82) is 0 Å². The zero-order valence-corrected chi connectivity index (χ0v) is 11.8. The number of hydrogen-bond donors (Lipinski definition) is 1. The van der Waals surface area contributed by atoms with Crippen molar-refractivity contribution in [3.05, 3.63) is 18.2 Å². The van der Waals surface area contributed by atoms with Gasteiger partial charge in [-0.25, -0.2) is 0 Å². The minimum absolute atomic E-state index is 0.0794. The van der Waals surface area contributed by atoms with E-state index in [9.17, 15) is 9.59 Å². The van der Waals surface area contributed by atoms with Crippen LogP contribution >= 0.6 is 0 Å². The van der Waals surface area contributed by atoms with Crippen LogP contribution < -0.4 is 15.0 Å². The number of fused-ring (bicyclic) bond motifs is 1.